The Bertz CT molecular complexity index is 419. The van der Waals surface area contributed by atoms with E-state index in [0.29, 0.717) is 0 Å². The van der Waals surface area contributed by atoms with Gasteiger partial charge in [-0.3, -0.25) is 0 Å². The molecule has 0 aromatic heterocycles. The zero-order valence-electron chi connectivity index (χ0n) is 9.11. The van der Waals surface area contributed by atoms with Crippen molar-refractivity contribution >= 4 is 5.57 Å². The first kappa shape index (κ1) is 9.97. The molecule has 1 aromatic carbocycles. The molecule has 76 valence electrons. The third kappa shape index (κ3) is 2.47. The topological polar surface area (TPSA) is 0 Å². The highest BCUT2D eigenvalue weighted by Gasteiger charge is 1.99. The molecular weight excluding hydrogens is 180 g/mol. The van der Waals surface area contributed by atoms with Gasteiger partial charge < -0.3 is 0 Å². The zero-order chi connectivity index (χ0) is 10.5. The maximum Gasteiger partial charge on any atom is -0.0157 e. The molecule has 0 saturated heterocycles. The fourth-order valence-corrected chi connectivity index (χ4v) is 1.76. The molecule has 0 nitrogen and oxygen atoms in total. The largest absolute Gasteiger partial charge is 0.0807 e. The summed E-state index contributed by atoms with van der Waals surface area (Å²) in [4.78, 5) is 0. The van der Waals surface area contributed by atoms with Crippen LogP contribution in [0.25, 0.3) is 5.57 Å². The van der Waals surface area contributed by atoms with Crippen LogP contribution in [0.4, 0.5) is 0 Å². The first-order valence-corrected chi connectivity index (χ1v) is 5.53. The molecule has 0 heterocycles. The molecule has 0 amide bonds. The average Bonchev–Trinajstić information content (AvgIpc) is 2.58. The van der Waals surface area contributed by atoms with Gasteiger partial charge in [0, 0.05) is 0 Å². The lowest BCUT2D eigenvalue weighted by atomic mass is 10.0. The maximum absolute atomic E-state index is 2.28. The molecule has 0 radical (unpaired) electrons. The van der Waals surface area contributed by atoms with Crippen molar-refractivity contribution in [1.29, 1.82) is 0 Å². The van der Waals surface area contributed by atoms with E-state index >= 15 is 0 Å². The lowest BCUT2D eigenvalue weighted by Crippen LogP contribution is -1.85. The normalized spacial score (nSPS) is 14.9. The zero-order valence-corrected chi connectivity index (χ0v) is 9.11. The van der Waals surface area contributed by atoms with Crippen LogP contribution in [-0.2, 0) is 6.42 Å². The van der Waals surface area contributed by atoms with Crippen molar-refractivity contribution in [3.63, 3.8) is 0 Å². The van der Waals surface area contributed by atoms with Crippen molar-refractivity contribution in [3.8, 4) is 0 Å². The molecule has 15 heavy (non-hydrogen) atoms. The Morgan fingerprint density at radius 1 is 1.20 bits per heavy atom. The van der Waals surface area contributed by atoms with Gasteiger partial charge >= 0.3 is 0 Å². The number of allylic oxidation sites excluding steroid dienone is 6. The standard InChI is InChI=1S/C15H16/c1-2-13-8-7-11-15(12-13)14-9-5-3-4-6-10-14/h3-5,7-12H,2,6H2,1H3. The third-order valence-electron chi connectivity index (χ3n) is 2.67. The monoisotopic (exact) mass is 196 g/mol. The summed E-state index contributed by atoms with van der Waals surface area (Å²) < 4.78 is 0. The van der Waals surface area contributed by atoms with Gasteiger partial charge in [0.05, 0.1) is 0 Å². The quantitative estimate of drug-likeness (QED) is 0.666. The van der Waals surface area contributed by atoms with Gasteiger partial charge in [-0.25, -0.2) is 0 Å². The predicted octanol–water partition coefficient (Wildman–Crippen LogP) is 4.15. The van der Waals surface area contributed by atoms with Crippen LogP contribution >= 0.6 is 0 Å². The fraction of sp³-hybridized carbons (Fsp3) is 0.200. The lowest BCUT2D eigenvalue weighted by Gasteiger charge is -2.04. The molecule has 0 fully saturated rings. The number of hydrogen-bond donors (Lipinski definition) is 0. The molecule has 0 unspecified atom stereocenters. The Morgan fingerprint density at radius 3 is 3.00 bits per heavy atom. The molecule has 0 spiro atoms. The van der Waals surface area contributed by atoms with Crippen LogP contribution in [0.1, 0.15) is 24.5 Å². The summed E-state index contributed by atoms with van der Waals surface area (Å²) in [5, 5.41) is 0. The van der Waals surface area contributed by atoms with Crippen LogP contribution in [0.5, 0.6) is 0 Å². The average molecular weight is 196 g/mol. The van der Waals surface area contributed by atoms with Crippen LogP contribution in [0.3, 0.4) is 0 Å². The van der Waals surface area contributed by atoms with Gasteiger partial charge in [-0.15, -0.1) is 0 Å². The summed E-state index contributed by atoms with van der Waals surface area (Å²) in [6.45, 7) is 2.19. The number of benzene rings is 1. The van der Waals surface area contributed by atoms with Crippen LogP contribution in [-0.4, -0.2) is 0 Å². The second-order valence-corrected chi connectivity index (χ2v) is 3.74. The number of aryl methyl sites for hydroxylation is 1. The second kappa shape index (κ2) is 4.79. The second-order valence-electron chi connectivity index (χ2n) is 3.74. The molecule has 0 N–H and O–H groups in total. The van der Waals surface area contributed by atoms with Crippen molar-refractivity contribution in [2.24, 2.45) is 0 Å². The number of hydrogen-bond acceptors (Lipinski definition) is 0. The van der Waals surface area contributed by atoms with E-state index in [4.69, 9.17) is 0 Å². The molecule has 0 bridgehead atoms. The first-order valence-electron chi connectivity index (χ1n) is 5.53. The van der Waals surface area contributed by atoms with Crippen molar-refractivity contribution < 1.29 is 0 Å². The van der Waals surface area contributed by atoms with Crippen molar-refractivity contribution in [2.75, 3.05) is 0 Å². The van der Waals surface area contributed by atoms with Gasteiger partial charge in [-0.05, 0) is 29.5 Å². The van der Waals surface area contributed by atoms with Crippen LogP contribution in [0.15, 0.2) is 54.6 Å². The van der Waals surface area contributed by atoms with Crippen LogP contribution in [0.2, 0.25) is 0 Å². The Labute approximate surface area is 91.6 Å². The van der Waals surface area contributed by atoms with E-state index in [-0.39, 0.29) is 0 Å². The lowest BCUT2D eigenvalue weighted by molar-refractivity contribution is 1.14. The SMILES string of the molecule is CCc1cccc(C2=CCC=CC=C2)c1. The first-order chi connectivity index (χ1) is 7.40. The van der Waals surface area contributed by atoms with E-state index in [9.17, 15) is 0 Å². The van der Waals surface area contributed by atoms with Gasteiger partial charge in [0.25, 0.3) is 0 Å². The van der Waals surface area contributed by atoms with E-state index < -0.39 is 0 Å². The highest BCUT2D eigenvalue weighted by molar-refractivity contribution is 5.75. The molecule has 1 aliphatic carbocycles. The summed E-state index contributed by atoms with van der Waals surface area (Å²) >= 11 is 0. The third-order valence-corrected chi connectivity index (χ3v) is 2.67. The maximum atomic E-state index is 2.28. The molecule has 2 rings (SSSR count). The minimum Gasteiger partial charge on any atom is -0.0807 e. The van der Waals surface area contributed by atoms with E-state index in [2.05, 4.69) is 61.6 Å². The Balaban J connectivity index is 2.32. The fourth-order valence-electron chi connectivity index (χ4n) is 1.76. The Hall–Kier alpha value is -1.56. The summed E-state index contributed by atoms with van der Waals surface area (Å²) in [5.74, 6) is 0. The highest BCUT2D eigenvalue weighted by atomic mass is 14.0. The van der Waals surface area contributed by atoms with Gasteiger partial charge in [0.15, 0.2) is 0 Å². The molecule has 1 aromatic rings. The Kier molecular flexibility index (Phi) is 3.18. The minimum absolute atomic E-state index is 1.03. The van der Waals surface area contributed by atoms with Crippen LogP contribution in [0, 0.1) is 0 Å². The van der Waals surface area contributed by atoms with Gasteiger partial charge in [0.2, 0.25) is 0 Å². The summed E-state index contributed by atoms with van der Waals surface area (Å²) in [6, 6.07) is 8.78. The Morgan fingerprint density at radius 2 is 2.13 bits per heavy atom. The predicted molar refractivity (Wildman–Crippen MR) is 66.7 cm³/mol. The van der Waals surface area contributed by atoms with E-state index in [1.54, 1.807) is 0 Å². The molecular formula is C15H16. The van der Waals surface area contributed by atoms with Gasteiger partial charge in [0.1, 0.15) is 0 Å². The van der Waals surface area contributed by atoms with E-state index in [0.717, 1.165) is 12.8 Å². The molecule has 0 saturated carbocycles. The van der Waals surface area contributed by atoms with Gasteiger partial charge in [-0.1, -0.05) is 61.6 Å². The molecule has 0 aliphatic heterocycles. The molecule has 1 aliphatic rings. The van der Waals surface area contributed by atoms with Crippen molar-refractivity contribution in [2.45, 2.75) is 19.8 Å². The minimum atomic E-state index is 1.03. The van der Waals surface area contributed by atoms with Crippen LogP contribution < -0.4 is 0 Å². The molecule has 0 heteroatoms. The summed E-state index contributed by atoms with van der Waals surface area (Å²) in [6.07, 6.45) is 13.0. The number of rotatable bonds is 2. The summed E-state index contributed by atoms with van der Waals surface area (Å²) in [7, 11) is 0. The van der Waals surface area contributed by atoms with Gasteiger partial charge in [-0.2, -0.15) is 0 Å². The van der Waals surface area contributed by atoms with Crippen molar-refractivity contribution in [3.05, 3.63) is 65.8 Å². The summed E-state index contributed by atoms with van der Waals surface area (Å²) in [5.41, 5.74) is 4.06. The van der Waals surface area contributed by atoms with Crippen molar-refractivity contribution in [1.82, 2.24) is 0 Å². The van der Waals surface area contributed by atoms with E-state index in [1.807, 2.05) is 0 Å². The van der Waals surface area contributed by atoms with E-state index in [1.165, 1.54) is 16.7 Å². The molecule has 0 atom stereocenters. The smallest absolute Gasteiger partial charge is 0.0157 e. The highest BCUT2D eigenvalue weighted by Crippen LogP contribution is 2.20.